The van der Waals surface area contributed by atoms with E-state index in [1.54, 1.807) is 0 Å². The minimum absolute atomic E-state index is 0.0109. The molecule has 0 saturated heterocycles. The molecule has 10 rings (SSSR count). The zero-order chi connectivity index (χ0) is 43.3. The molecular formula is C58H65BN2. The summed E-state index contributed by atoms with van der Waals surface area (Å²) in [7, 11) is 0. The van der Waals surface area contributed by atoms with Crippen LogP contribution in [0.5, 0.6) is 0 Å². The van der Waals surface area contributed by atoms with E-state index in [0.29, 0.717) is 0 Å². The third-order valence-corrected chi connectivity index (χ3v) is 15.5. The van der Waals surface area contributed by atoms with Gasteiger partial charge in [0.05, 0.1) is 0 Å². The first-order valence-electron chi connectivity index (χ1n) is 23.0. The fraction of sp³-hybridized carbons (Fsp3) is 0.379. The molecule has 0 spiro atoms. The Morgan fingerprint density at radius 2 is 1.00 bits per heavy atom. The molecule has 310 valence electrons. The highest BCUT2D eigenvalue weighted by Gasteiger charge is 2.48. The Balaban J connectivity index is 1.33. The molecule has 2 aliphatic carbocycles. The predicted molar refractivity (Wildman–Crippen MR) is 265 cm³/mol. The van der Waals surface area contributed by atoms with Crippen molar-refractivity contribution in [3.63, 3.8) is 0 Å². The SMILES string of the molecule is Cc1cc2c3c(c1)N(c1cc4c(cc1C)C(C)(C)CC4(C)C)c1cc4c(cc1B3c1ccc(C(C)(C)C)cc1N2c1cc(-c2ccccc2)ccc1C)C(C)(C)CCC4(C)C. The van der Waals surface area contributed by atoms with Crippen LogP contribution >= 0.6 is 0 Å². The van der Waals surface area contributed by atoms with Crippen molar-refractivity contribution in [3.8, 4) is 11.1 Å². The van der Waals surface area contributed by atoms with Crippen LogP contribution in [-0.2, 0) is 27.1 Å². The van der Waals surface area contributed by atoms with Crippen LogP contribution in [0.15, 0.2) is 103 Å². The number of anilines is 6. The van der Waals surface area contributed by atoms with Gasteiger partial charge in [0.2, 0.25) is 0 Å². The van der Waals surface area contributed by atoms with E-state index >= 15 is 0 Å². The van der Waals surface area contributed by atoms with Gasteiger partial charge in [-0.25, -0.2) is 0 Å². The Morgan fingerprint density at radius 3 is 1.62 bits per heavy atom. The Bertz CT molecular complexity index is 2810. The summed E-state index contributed by atoms with van der Waals surface area (Å²) in [4.78, 5) is 5.36. The molecular weight excluding hydrogens is 735 g/mol. The van der Waals surface area contributed by atoms with Crippen LogP contribution in [0.25, 0.3) is 11.1 Å². The highest BCUT2D eigenvalue weighted by molar-refractivity contribution is 7.00. The van der Waals surface area contributed by atoms with Crippen molar-refractivity contribution in [1.29, 1.82) is 0 Å². The summed E-state index contributed by atoms with van der Waals surface area (Å²) in [5, 5.41) is 0. The summed E-state index contributed by atoms with van der Waals surface area (Å²) in [5.74, 6) is 0. The third-order valence-electron chi connectivity index (χ3n) is 15.5. The van der Waals surface area contributed by atoms with Gasteiger partial charge in [-0.1, -0.05) is 143 Å². The minimum Gasteiger partial charge on any atom is -0.311 e. The second kappa shape index (κ2) is 13.0. The van der Waals surface area contributed by atoms with Crippen molar-refractivity contribution in [2.24, 2.45) is 0 Å². The van der Waals surface area contributed by atoms with Crippen LogP contribution in [0, 0.1) is 20.8 Å². The summed E-state index contributed by atoms with van der Waals surface area (Å²) in [6.45, 7) is 33.8. The molecule has 2 aliphatic heterocycles. The summed E-state index contributed by atoms with van der Waals surface area (Å²) in [6, 6.07) is 40.9. The molecule has 6 aromatic rings. The number of rotatable bonds is 3. The van der Waals surface area contributed by atoms with Crippen LogP contribution in [-0.4, -0.2) is 6.71 Å². The number of hydrogen-bond donors (Lipinski definition) is 0. The van der Waals surface area contributed by atoms with Gasteiger partial charge in [0.15, 0.2) is 0 Å². The van der Waals surface area contributed by atoms with Crippen LogP contribution in [0.1, 0.15) is 140 Å². The molecule has 2 heterocycles. The molecule has 0 N–H and O–H groups in total. The van der Waals surface area contributed by atoms with E-state index in [4.69, 9.17) is 0 Å². The van der Waals surface area contributed by atoms with E-state index in [9.17, 15) is 0 Å². The molecule has 6 aromatic carbocycles. The van der Waals surface area contributed by atoms with E-state index in [0.717, 1.165) is 6.42 Å². The summed E-state index contributed by atoms with van der Waals surface area (Å²) < 4.78 is 0. The van der Waals surface area contributed by atoms with Crippen LogP contribution in [0.3, 0.4) is 0 Å². The van der Waals surface area contributed by atoms with Gasteiger partial charge < -0.3 is 9.80 Å². The molecule has 0 atom stereocenters. The molecule has 0 bridgehead atoms. The molecule has 3 heteroatoms. The number of aryl methyl sites for hydroxylation is 3. The molecule has 4 aliphatic rings. The van der Waals surface area contributed by atoms with Crippen molar-refractivity contribution in [2.45, 2.75) is 143 Å². The zero-order valence-electron chi connectivity index (χ0n) is 39.4. The molecule has 0 saturated carbocycles. The average molecular weight is 801 g/mol. The number of benzene rings is 6. The fourth-order valence-corrected chi connectivity index (χ4v) is 12.2. The van der Waals surface area contributed by atoms with E-state index in [1.165, 1.54) is 119 Å². The Kier molecular flexibility index (Phi) is 8.55. The van der Waals surface area contributed by atoms with E-state index < -0.39 is 0 Å². The average Bonchev–Trinajstić information content (AvgIpc) is 3.37. The van der Waals surface area contributed by atoms with Gasteiger partial charge in [0.25, 0.3) is 6.71 Å². The number of fused-ring (bicyclic) bond motifs is 6. The maximum atomic E-state index is 2.71. The molecule has 0 aromatic heterocycles. The second-order valence-electron chi connectivity index (χ2n) is 23.1. The van der Waals surface area contributed by atoms with Crippen molar-refractivity contribution in [3.05, 3.63) is 148 Å². The standard InChI is InChI=1S/C58H65BN2/c1-35-26-51-53-52(27-35)61(48-32-44-41(28-37(48)3)57(11,12)34-58(44,13)14)50-33-43-42(55(7,8)24-25-56(43,9)10)31-46(50)59(53)45-23-22-40(54(4,5)6)30-49(45)60(51)47-29-39(21-20-36(47)2)38-18-16-15-17-19-38/h15-23,26-33H,24-25,34H2,1-14H3. The van der Waals surface area contributed by atoms with Gasteiger partial charge in [-0.2, -0.15) is 0 Å². The fourth-order valence-electron chi connectivity index (χ4n) is 12.2. The van der Waals surface area contributed by atoms with E-state index in [-0.39, 0.29) is 33.8 Å². The third kappa shape index (κ3) is 6.03. The van der Waals surface area contributed by atoms with Crippen molar-refractivity contribution < 1.29 is 0 Å². The molecule has 0 fully saturated rings. The van der Waals surface area contributed by atoms with Gasteiger partial charge in [-0.3, -0.25) is 0 Å². The first kappa shape index (κ1) is 40.1. The van der Waals surface area contributed by atoms with Crippen molar-refractivity contribution in [2.75, 3.05) is 9.80 Å². The summed E-state index contributed by atoms with van der Waals surface area (Å²) in [6.07, 6.45) is 3.52. The maximum Gasteiger partial charge on any atom is 0.252 e. The molecule has 2 nitrogen and oxygen atoms in total. The monoisotopic (exact) mass is 801 g/mol. The topological polar surface area (TPSA) is 6.48 Å². The van der Waals surface area contributed by atoms with Crippen LogP contribution in [0.4, 0.5) is 34.1 Å². The van der Waals surface area contributed by atoms with Crippen LogP contribution in [0.2, 0.25) is 0 Å². The minimum atomic E-state index is -0.0109. The van der Waals surface area contributed by atoms with Gasteiger partial charge in [-0.15, -0.1) is 0 Å². The lowest BCUT2D eigenvalue weighted by atomic mass is 9.33. The largest absolute Gasteiger partial charge is 0.311 e. The predicted octanol–water partition coefficient (Wildman–Crippen LogP) is 14.0. The Hall–Kier alpha value is -5.02. The van der Waals surface area contributed by atoms with Gasteiger partial charge in [0.1, 0.15) is 0 Å². The van der Waals surface area contributed by atoms with Gasteiger partial charge in [-0.05, 0) is 176 Å². The molecule has 0 radical (unpaired) electrons. The zero-order valence-corrected chi connectivity index (χ0v) is 39.4. The second-order valence-corrected chi connectivity index (χ2v) is 23.1. The Morgan fingerprint density at radius 1 is 0.459 bits per heavy atom. The maximum absolute atomic E-state index is 2.71. The van der Waals surface area contributed by atoms with E-state index in [2.05, 4.69) is 210 Å². The van der Waals surface area contributed by atoms with Gasteiger partial charge in [0, 0.05) is 34.1 Å². The number of hydrogen-bond acceptors (Lipinski definition) is 2. The lowest BCUT2D eigenvalue weighted by Crippen LogP contribution is -2.62. The normalized spacial score (nSPS) is 18.6. The lowest BCUT2D eigenvalue weighted by Gasteiger charge is -2.48. The van der Waals surface area contributed by atoms with Crippen molar-refractivity contribution >= 4 is 57.2 Å². The Labute approximate surface area is 367 Å². The first-order valence-corrected chi connectivity index (χ1v) is 23.0. The quantitative estimate of drug-likeness (QED) is 0.164. The van der Waals surface area contributed by atoms with Crippen LogP contribution < -0.4 is 26.2 Å². The highest BCUT2D eigenvalue weighted by Crippen LogP contribution is 2.55. The first-order chi connectivity index (χ1) is 28.6. The summed E-state index contributed by atoms with van der Waals surface area (Å²) in [5.41, 5.74) is 26.1. The lowest BCUT2D eigenvalue weighted by molar-refractivity contribution is 0.332. The van der Waals surface area contributed by atoms with Crippen molar-refractivity contribution in [1.82, 2.24) is 0 Å². The molecule has 0 unspecified atom stereocenters. The smallest absolute Gasteiger partial charge is 0.252 e. The number of nitrogens with zero attached hydrogens (tertiary/aromatic N) is 2. The molecule has 61 heavy (non-hydrogen) atoms. The molecule has 0 amide bonds. The van der Waals surface area contributed by atoms with E-state index in [1.807, 2.05) is 0 Å². The highest BCUT2D eigenvalue weighted by atomic mass is 15.2. The van der Waals surface area contributed by atoms with Gasteiger partial charge >= 0.3 is 0 Å². The summed E-state index contributed by atoms with van der Waals surface area (Å²) >= 11 is 0.